The van der Waals surface area contributed by atoms with Crippen molar-refractivity contribution in [3.8, 4) is 0 Å². The molecule has 0 radical (unpaired) electrons. The van der Waals surface area contributed by atoms with Crippen molar-refractivity contribution >= 4 is 29.2 Å². The first-order chi connectivity index (χ1) is 14.3. The van der Waals surface area contributed by atoms with E-state index in [1.54, 1.807) is 4.90 Å². The minimum Gasteiger partial charge on any atom is -0.476 e. The number of hydrogen-bond acceptors (Lipinski definition) is 4. The van der Waals surface area contributed by atoms with Gasteiger partial charge in [-0.05, 0) is 37.5 Å². The maximum atomic E-state index is 13.8. The molecule has 2 heterocycles. The van der Waals surface area contributed by atoms with E-state index in [2.05, 4.69) is 10.00 Å². The molecule has 1 aromatic heterocycles. The Hall–Kier alpha value is -2.61. The monoisotopic (exact) mass is 434 g/mol. The third-order valence-electron chi connectivity index (χ3n) is 5.99. The van der Waals surface area contributed by atoms with Gasteiger partial charge in [-0.1, -0.05) is 17.7 Å². The van der Waals surface area contributed by atoms with Crippen LogP contribution in [0.3, 0.4) is 0 Å². The number of fused-ring (bicyclic) bond motifs is 1. The Labute approximate surface area is 179 Å². The second-order valence-electron chi connectivity index (χ2n) is 7.83. The summed E-state index contributed by atoms with van der Waals surface area (Å²) in [6, 6.07) is 5.81. The molecule has 0 bridgehead atoms. The Morgan fingerprint density at radius 2 is 2.00 bits per heavy atom. The number of piperazine rings is 1. The molecular formula is C21H24ClFN4O3. The van der Waals surface area contributed by atoms with Crippen LogP contribution in [0.1, 0.15) is 33.7 Å². The predicted molar refractivity (Wildman–Crippen MR) is 111 cm³/mol. The highest BCUT2D eigenvalue weighted by Crippen LogP contribution is 2.28. The maximum Gasteiger partial charge on any atom is 0.356 e. The van der Waals surface area contributed by atoms with Crippen LogP contribution in [0.25, 0.3) is 0 Å². The molecule has 7 nitrogen and oxygen atoms in total. The predicted octanol–water partition coefficient (Wildman–Crippen LogP) is 2.72. The number of aromatic carboxylic acids is 1. The number of alkyl halides is 1. The fraction of sp³-hybridized carbons (Fsp3) is 0.476. The molecule has 0 saturated carbocycles. The van der Waals surface area contributed by atoms with E-state index in [-0.39, 0.29) is 24.6 Å². The summed E-state index contributed by atoms with van der Waals surface area (Å²) in [5, 5.41) is 14.2. The van der Waals surface area contributed by atoms with Gasteiger partial charge in [0, 0.05) is 54.6 Å². The normalized spacial score (nSPS) is 19.0. The van der Waals surface area contributed by atoms with Gasteiger partial charge in [-0.25, -0.2) is 9.18 Å². The summed E-state index contributed by atoms with van der Waals surface area (Å²) >= 11 is 6.23. The molecule has 1 aromatic carbocycles. The molecule has 2 aromatic rings. The van der Waals surface area contributed by atoms with Crippen molar-refractivity contribution < 1.29 is 19.1 Å². The number of amides is 1. The Morgan fingerprint density at radius 3 is 2.70 bits per heavy atom. The van der Waals surface area contributed by atoms with E-state index < -0.39 is 12.1 Å². The average molecular weight is 435 g/mol. The van der Waals surface area contributed by atoms with Crippen LogP contribution >= 0.6 is 11.6 Å². The van der Waals surface area contributed by atoms with E-state index in [0.29, 0.717) is 50.3 Å². The third kappa shape index (κ3) is 3.88. The van der Waals surface area contributed by atoms with E-state index in [4.69, 9.17) is 11.6 Å². The molecule has 1 aliphatic carbocycles. The summed E-state index contributed by atoms with van der Waals surface area (Å²) in [5.41, 5.74) is 3.05. The van der Waals surface area contributed by atoms with E-state index in [1.165, 1.54) is 4.68 Å². The minimum absolute atomic E-state index is 0.0250. The molecule has 1 atom stereocenters. The lowest BCUT2D eigenvalue weighted by atomic mass is 9.94. The van der Waals surface area contributed by atoms with Gasteiger partial charge >= 0.3 is 5.97 Å². The number of carbonyl (C=O) groups excluding carboxylic acids is 1. The van der Waals surface area contributed by atoms with Crippen LogP contribution in [0.15, 0.2) is 18.2 Å². The number of anilines is 1. The molecule has 2 aliphatic rings. The molecule has 9 heteroatoms. The Bertz CT molecular complexity index is 985. The van der Waals surface area contributed by atoms with Gasteiger partial charge in [0.15, 0.2) is 5.69 Å². The van der Waals surface area contributed by atoms with Gasteiger partial charge in [0.05, 0.1) is 0 Å². The third-order valence-corrected chi connectivity index (χ3v) is 6.40. The number of nitrogens with zero attached hydrogens (tertiary/aromatic N) is 4. The molecule has 4 rings (SSSR count). The summed E-state index contributed by atoms with van der Waals surface area (Å²) < 4.78 is 15.2. The van der Waals surface area contributed by atoms with E-state index in [1.807, 2.05) is 25.1 Å². The summed E-state index contributed by atoms with van der Waals surface area (Å²) in [6.45, 7) is 4.46. The van der Waals surface area contributed by atoms with Crippen molar-refractivity contribution in [1.29, 1.82) is 0 Å². The van der Waals surface area contributed by atoms with Crippen LogP contribution in [0.4, 0.5) is 10.1 Å². The largest absolute Gasteiger partial charge is 0.476 e. The fourth-order valence-electron chi connectivity index (χ4n) is 4.31. The van der Waals surface area contributed by atoms with Crippen LogP contribution in [-0.4, -0.2) is 64.0 Å². The number of benzene rings is 1. The number of halogens is 2. The van der Waals surface area contributed by atoms with E-state index >= 15 is 0 Å². The number of carboxylic acids is 1. The van der Waals surface area contributed by atoms with Gasteiger partial charge in [0.25, 0.3) is 0 Å². The highest BCUT2D eigenvalue weighted by atomic mass is 35.5. The van der Waals surface area contributed by atoms with Crippen LogP contribution in [0, 0.1) is 6.92 Å². The molecule has 1 unspecified atom stereocenters. The lowest BCUT2D eigenvalue weighted by Gasteiger charge is -2.37. The Balaban J connectivity index is 1.44. The molecule has 160 valence electrons. The van der Waals surface area contributed by atoms with Crippen molar-refractivity contribution in [2.45, 2.75) is 38.9 Å². The molecule has 1 amide bonds. The van der Waals surface area contributed by atoms with Crippen LogP contribution in [0.2, 0.25) is 5.02 Å². The smallest absolute Gasteiger partial charge is 0.356 e. The van der Waals surface area contributed by atoms with Crippen molar-refractivity contribution in [2.24, 2.45) is 0 Å². The van der Waals surface area contributed by atoms with Crippen LogP contribution in [0.5, 0.6) is 0 Å². The Kier molecular flexibility index (Phi) is 5.69. The first kappa shape index (κ1) is 20.7. The topological polar surface area (TPSA) is 78.7 Å². The summed E-state index contributed by atoms with van der Waals surface area (Å²) in [7, 11) is 0. The lowest BCUT2D eigenvalue weighted by Crippen LogP contribution is -2.50. The van der Waals surface area contributed by atoms with E-state index in [9.17, 15) is 19.1 Å². The van der Waals surface area contributed by atoms with Gasteiger partial charge in [-0.15, -0.1) is 0 Å². The highest BCUT2D eigenvalue weighted by molar-refractivity contribution is 6.31. The van der Waals surface area contributed by atoms with Crippen LogP contribution < -0.4 is 4.90 Å². The standard InChI is InChI=1S/C21H24ClFN4O3/c1-13-16(22)3-2-4-17(13)25-7-9-26(10-8-25)19(28)12-27-18-6-5-14(23)11-15(18)20(24-27)21(29)30/h2-4,14H,5-12H2,1H3,(H,29,30). The lowest BCUT2D eigenvalue weighted by molar-refractivity contribution is -0.132. The number of rotatable bonds is 4. The van der Waals surface area contributed by atoms with Gasteiger partial charge in [0.2, 0.25) is 5.91 Å². The molecule has 0 spiro atoms. The maximum absolute atomic E-state index is 13.8. The van der Waals surface area contributed by atoms with Gasteiger partial charge in [-0.2, -0.15) is 5.10 Å². The van der Waals surface area contributed by atoms with Crippen molar-refractivity contribution in [3.63, 3.8) is 0 Å². The zero-order chi connectivity index (χ0) is 21.4. The van der Waals surface area contributed by atoms with Crippen molar-refractivity contribution in [1.82, 2.24) is 14.7 Å². The highest BCUT2D eigenvalue weighted by Gasteiger charge is 2.30. The Morgan fingerprint density at radius 1 is 1.27 bits per heavy atom. The van der Waals surface area contributed by atoms with Crippen molar-refractivity contribution in [2.75, 3.05) is 31.1 Å². The number of carbonyl (C=O) groups is 2. The number of aromatic nitrogens is 2. The molecule has 1 fully saturated rings. The average Bonchev–Trinajstić information content (AvgIpc) is 3.08. The number of carboxylic acid groups (broad SMARTS) is 1. The fourth-order valence-corrected chi connectivity index (χ4v) is 4.48. The molecule has 1 N–H and O–H groups in total. The van der Waals surface area contributed by atoms with E-state index in [0.717, 1.165) is 16.3 Å². The first-order valence-electron chi connectivity index (χ1n) is 10.1. The van der Waals surface area contributed by atoms with Gasteiger partial charge in [-0.3, -0.25) is 9.48 Å². The SMILES string of the molecule is Cc1c(Cl)cccc1N1CCN(C(=O)Cn2nc(C(=O)O)c3c2CCC(F)C3)CC1. The van der Waals surface area contributed by atoms with Crippen LogP contribution in [-0.2, 0) is 24.2 Å². The minimum atomic E-state index is -1.18. The summed E-state index contributed by atoms with van der Waals surface area (Å²) in [4.78, 5) is 28.3. The summed E-state index contributed by atoms with van der Waals surface area (Å²) in [5.74, 6) is -1.29. The molecular weight excluding hydrogens is 411 g/mol. The first-order valence-corrected chi connectivity index (χ1v) is 10.5. The number of hydrogen-bond donors (Lipinski definition) is 1. The second-order valence-corrected chi connectivity index (χ2v) is 8.24. The second kappa shape index (κ2) is 8.26. The molecule has 1 saturated heterocycles. The molecule has 1 aliphatic heterocycles. The molecule has 30 heavy (non-hydrogen) atoms. The summed E-state index contributed by atoms with van der Waals surface area (Å²) in [6.07, 6.45) is -0.301. The zero-order valence-electron chi connectivity index (χ0n) is 16.8. The quantitative estimate of drug-likeness (QED) is 0.800. The zero-order valence-corrected chi connectivity index (χ0v) is 17.5. The van der Waals surface area contributed by atoms with Crippen molar-refractivity contribution in [3.05, 3.63) is 45.7 Å². The van der Waals surface area contributed by atoms with Gasteiger partial charge in [0.1, 0.15) is 12.7 Å². The van der Waals surface area contributed by atoms with Gasteiger partial charge < -0.3 is 14.9 Å².